The van der Waals surface area contributed by atoms with Crippen LogP contribution in [0.5, 0.6) is 11.5 Å². The van der Waals surface area contributed by atoms with Crippen LogP contribution in [0.2, 0.25) is 5.02 Å². The second kappa shape index (κ2) is 9.14. The van der Waals surface area contributed by atoms with Crippen molar-refractivity contribution in [2.24, 2.45) is 0 Å². The highest BCUT2D eigenvalue weighted by Crippen LogP contribution is 2.28. The van der Waals surface area contributed by atoms with Gasteiger partial charge in [-0.25, -0.2) is 0 Å². The molecular formula is C20H22ClNO3. The van der Waals surface area contributed by atoms with E-state index in [1.54, 1.807) is 25.3 Å². The van der Waals surface area contributed by atoms with Crippen molar-refractivity contribution < 1.29 is 14.3 Å². The number of halogens is 1. The summed E-state index contributed by atoms with van der Waals surface area (Å²) in [6.45, 7) is 3.77. The molecule has 4 nitrogen and oxygen atoms in total. The predicted molar refractivity (Wildman–Crippen MR) is 101 cm³/mol. The van der Waals surface area contributed by atoms with E-state index in [9.17, 15) is 4.79 Å². The second-order valence-electron chi connectivity index (χ2n) is 5.54. The average molecular weight is 360 g/mol. The molecule has 25 heavy (non-hydrogen) atoms. The lowest BCUT2D eigenvalue weighted by Crippen LogP contribution is -2.31. The summed E-state index contributed by atoms with van der Waals surface area (Å²) >= 11 is 5.88. The fourth-order valence-electron chi connectivity index (χ4n) is 2.36. The van der Waals surface area contributed by atoms with E-state index >= 15 is 0 Å². The molecule has 1 unspecified atom stereocenters. The van der Waals surface area contributed by atoms with Crippen LogP contribution in [0.4, 0.5) is 0 Å². The topological polar surface area (TPSA) is 47.6 Å². The second-order valence-corrected chi connectivity index (χ2v) is 5.98. The van der Waals surface area contributed by atoms with Crippen LogP contribution in [0.1, 0.15) is 31.0 Å². The Bertz CT molecular complexity index is 741. The van der Waals surface area contributed by atoms with Crippen LogP contribution in [0.15, 0.2) is 48.5 Å². The van der Waals surface area contributed by atoms with Crippen molar-refractivity contribution in [3.63, 3.8) is 0 Å². The van der Waals surface area contributed by atoms with E-state index < -0.39 is 0 Å². The monoisotopic (exact) mass is 359 g/mol. The summed E-state index contributed by atoms with van der Waals surface area (Å²) in [4.78, 5) is 12.1. The molecule has 0 aliphatic heterocycles. The third kappa shape index (κ3) is 5.54. The summed E-state index contributed by atoms with van der Waals surface area (Å²) in [7, 11) is 1.57. The van der Waals surface area contributed by atoms with Crippen molar-refractivity contribution >= 4 is 23.6 Å². The molecule has 1 N–H and O–H groups in total. The lowest BCUT2D eigenvalue weighted by atomic mass is 10.1. The largest absolute Gasteiger partial charge is 0.493 e. The number of carbonyl (C=O) groups is 1. The molecule has 0 saturated carbocycles. The van der Waals surface area contributed by atoms with Gasteiger partial charge in [-0.3, -0.25) is 4.79 Å². The van der Waals surface area contributed by atoms with Gasteiger partial charge in [0, 0.05) is 5.02 Å². The van der Waals surface area contributed by atoms with Crippen LogP contribution in [0.3, 0.4) is 0 Å². The van der Waals surface area contributed by atoms with E-state index in [-0.39, 0.29) is 18.6 Å². The zero-order chi connectivity index (χ0) is 18.2. The molecule has 0 aliphatic rings. The van der Waals surface area contributed by atoms with E-state index in [1.165, 1.54) is 0 Å². The highest BCUT2D eigenvalue weighted by Gasteiger charge is 2.12. The van der Waals surface area contributed by atoms with Gasteiger partial charge in [-0.1, -0.05) is 42.0 Å². The minimum atomic E-state index is -0.206. The average Bonchev–Trinajstić information content (AvgIpc) is 2.61. The maximum atomic E-state index is 12.1. The molecule has 5 heteroatoms. The van der Waals surface area contributed by atoms with Crippen LogP contribution >= 0.6 is 11.6 Å². The number of allylic oxidation sites excluding steroid dienone is 1. The predicted octanol–water partition coefficient (Wildman–Crippen LogP) is 4.64. The van der Waals surface area contributed by atoms with Gasteiger partial charge in [-0.2, -0.15) is 0 Å². The normalized spacial score (nSPS) is 12.0. The first-order chi connectivity index (χ1) is 12.0. The van der Waals surface area contributed by atoms with Crippen LogP contribution in [0, 0.1) is 0 Å². The first-order valence-corrected chi connectivity index (χ1v) is 8.39. The SMILES string of the molecule is C/C=C/c1ccc(OCC(=O)NC(C)c2ccc(Cl)cc2)c(OC)c1. The zero-order valence-electron chi connectivity index (χ0n) is 14.6. The Morgan fingerprint density at radius 1 is 1.20 bits per heavy atom. The Morgan fingerprint density at radius 2 is 1.92 bits per heavy atom. The molecule has 0 aliphatic carbocycles. The smallest absolute Gasteiger partial charge is 0.258 e. The Morgan fingerprint density at radius 3 is 2.56 bits per heavy atom. The quantitative estimate of drug-likeness (QED) is 0.783. The molecule has 0 bridgehead atoms. The van der Waals surface area contributed by atoms with Gasteiger partial charge in [0.2, 0.25) is 0 Å². The number of ether oxygens (including phenoxy) is 2. The van der Waals surface area contributed by atoms with Gasteiger partial charge in [-0.15, -0.1) is 0 Å². The van der Waals surface area contributed by atoms with Crippen molar-refractivity contribution in [1.82, 2.24) is 5.32 Å². The zero-order valence-corrected chi connectivity index (χ0v) is 15.3. The molecule has 0 aromatic heterocycles. The fraction of sp³-hybridized carbons (Fsp3) is 0.250. The van der Waals surface area contributed by atoms with E-state index in [4.69, 9.17) is 21.1 Å². The lowest BCUT2D eigenvalue weighted by Gasteiger charge is -2.16. The van der Waals surface area contributed by atoms with Crippen LogP contribution < -0.4 is 14.8 Å². The Labute approximate surface area is 153 Å². The molecule has 132 valence electrons. The summed E-state index contributed by atoms with van der Waals surface area (Å²) in [5.74, 6) is 0.918. The molecule has 0 heterocycles. The molecule has 0 spiro atoms. The number of amides is 1. The molecule has 2 aromatic carbocycles. The van der Waals surface area contributed by atoms with Crippen LogP contribution in [-0.4, -0.2) is 19.6 Å². The van der Waals surface area contributed by atoms with Crippen molar-refractivity contribution in [2.75, 3.05) is 13.7 Å². The standard InChI is InChI=1S/C20H22ClNO3/c1-4-5-15-6-11-18(19(12-15)24-3)25-13-20(23)22-14(2)16-7-9-17(21)10-8-16/h4-12,14H,13H2,1-3H3,(H,22,23)/b5-4+. The van der Waals surface area contributed by atoms with Crippen molar-refractivity contribution in [2.45, 2.75) is 19.9 Å². The van der Waals surface area contributed by atoms with E-state index in [0.29, 0.717) is 16.5 Å². The van der Waals surface area contributed by atoms with E-state index in [2.05, 4.69) is 5.32 Å². The number of hydrogen-bond acceptors (Lipinski definition) is 3. The van der Waals surface area contributed by atoms with E-state index in [1.807, 2.05) is 50.3 Å². The molecular weight excluding hydrogens is 338 g/mol. The van der Waals surface area contributed by atoms with Gasteiger partial charge >= 0.3 is 0 Å². The third-order valence-electron chi connectivity index (χ3n) is 3.65. The maximum absolute atomic E-state index is 12.1. The van der Waals surface area contributed by atoms with Gasteiger partial charge in [0.1, 0.15) is 0 Å². The van der Waals surface area contributed by atoms with Gasteiger partial charge in [0.25, 0.3) is 5.91 Å². The third-order valence-corrected chi connectivity index (χ3v) is 3.91. The van der Waals surface area contributed by atoms with Gasteiger partial charge in [0.15, 0.2) is 18.1 Å². The fourth-order valence-corrected chi connectivity index (χ4v) is 2.49. The first-order valence-electron chi connectivity index (χ1n) is 8.02. The molecule has 0 radical (unpaired) electrons. The summed E-state index contributed by atoms with van der Waals surface area (Å²) in [5, 5.41) is 3.56. The highest BCUT2D eigenvalue weighted by atomic mass is 35.5. The first kappa shape index (κ1) is 18.9. The summed E-state index contributed by atoms with van der Waals surface area (Å²) in [5.41, 5.74) is 1.98. The number of hydrogen-bond donors (Lipinski definition) is 1. The van der Waals surface area contributed by atoms with Crippen LogP contribution in [-0.2, 0) is 4.79 Å². The molecule has 1 atom stereocenters. The molecule has 0 fully saturated rings. The minimum absolute atomic E-state index is 0.0861. The van der Waals surface area contributed by atoms with Crippen molar-refractivity contribution in [3.8, 4) is 11.5 Å². The minimum Gasteiger partial charge on any atom is -0.493 e. The number of methoxy groups -OCH3 is 1. The summed E-state index contributed by atoms with van der Waals surface area (Å²) in [6.07, 6.45) is 3.91. The number of benzene rings is 2. The highest BCUT2D eigenvalue weighted by molar-refractivity contribution is 6.30. The van der Waals surface area contributed by atoms with E-state index in [0.717, 1.165) is 11.1 Å². The molecule has 2 aromatic rings. The Balaban J connectivity index is 1.94. The van der Waals surface area contributed by atoms with Crippen molar-refractivity contribution in [1.29, 1.82) is 0 Å². The molecule has 2 rings (SSSR count). The Hall–Kier alpha value is -2.46. The number of nitrogens with one attached hydrogen (secondary N) is 1. The molecule has 0 saturated heterocycles. The van der Waals surface area contributed by atoms with Crippen molar-refractivity contribution in [3.05, 3.63) is 64.7 Å². The summed E-state index contributed by atoms with van der Waals surface area (Å²) in [6, 6.07) is 12.8. The number of carbonyl (C=O) groups excluding carboxylic acids is 1. The molecule has 1 amide bonds. The maximum Gasteiger partial charge on any atom is 0.258 e. The Kier molecular flexibility index (Phi) is 6.90. The summed E-state index contributed by atoms with van der Waals surface area (Å²) < 4.78 is 10.9. The van der Waals surface area contributed by atoms with Crippen LogP contribution in [0.25, 0.3) is 6.08 Å². The van der Waals surface area contributed by atoms with Gasteiger partial charge in [0.05, 0.1) is 13.2 Å². The van der Waals surface area contributed by atoms with Gasteiger partial charge < -0.3 is 14.8 Å². The van der Waals surface area contributed by atoms with Gasteiger partial charge in [-0.05, 0) is 49.2 Å². The lowest BCUT2D eigenvalue weighted by molar-refractivity contribution is -0.123. The number of rotatable bonds is 7.